The number of rotatable bonds is 5. The third-order valence-electron chi connectivity index (χ3n) is 5.93. The summed E-state index contributed by atoms with van der Waals surface area (Å²) in [7, 11) is 0. The van der Waals surface area contributed by atoms with E-state index in [9.17, 15) is 8.78 Å². The summed E-state index contributed by atoms with van der Waals surface area (Å²) in [6.45, 7) is 4.24. The normalized spacial score (nSPS) is 16.3. The highest BCUT2D eigenvalue weighted by Gasteiger charge is 2.40. The van der Waals surface area contributed by atoms with Gasteiger partial charge in [-0.05, 0) is 91.4 Å². The Morgan fingerprint density at radius 2 is 1.48 bits per heavy atom. The van der Waals surface area contributed by atoms with Crippen molar-refractivity contribution in [1.82, 2.24) is 0 Å². The third-order valence-corrected chi connectivity index (χ3v) is 5.93. The van der Waals surface area contributed by atoms with Gasteiger partial charge >= 0.3 is 0 Å². The number of hydrogen-bond acceptors (Lipinski definition) is 3. The summed E-state index contributed by atoms with van der Waals surface area (Å²) in [5.41, 5.74) is 6.43. The van der Waals surface area contributed by atoms with Crippen molar-refractivity contribution >= 4 is 17.1 Å². The Morgan fingerprint density at radius 3 is 2.16 bits per heavy atom. The van der Waals surface area contributed by atoms with Crippen molar-refractivity contribution in [2.24, 2.45) is 0 Å². The maximum Gasteiger partial charge on any atom is 0.159 e. The number of fused-ring (bicyclic) bond motifs is 1. The van der Waals surface area contributed by atoms with Crippen molar-refractivity contribution < 1.29 is 13.5 Å². The fourth-order valence-electron chi connectivity index (χ4n) is 3.81. The molecule has 5 rings (SSSR count). The van der Waals surface area contributed by atoms with Gasteiger partial charge in [0, 0.05) is 5.70 Å². The molecule has 31 heavy (non-hydrogen) atoms. The first-order chi connectivity index (χ1) is 14.9. The highest BCUT2D eigenvalue weighted by molar-refractivity contribution is 5.92. The second-order valence-electron chi connectivity index (χ2n) is 8.42. The summed E-state index contributed by atoms with van der Waals surface area (Å²) in [4.78, 5) is 0. The molecule has 0 saturated heterocycles. The lowest BCUT2D eigenvalue weighted by atomic mass is 10.0. The molecular weight excluding hydrogens is 394 g/mol. The number of nitrogens with one attached hydrogen (secondary N) is 2. The minimum absolute atomic E-state index is 0.00479. The van der Waals surface area contributed by atoms with Gasteiger partial charge in [0.1, 0.15) is 11.4 Å². The Balaban J connectivity index is 1.44. The molecule has 3 nitrogen and oxygen atoms in total. The van der Waals surface area contributed by atoms with Crippen LogP contribution in [0.5, 0.6) is 5.75 Å². The highest BCUT2D eigenvalue weighted by Crippen LogP contribution is 2.41. The number of ether oxygens (including phenoxy) is 1. The molecule has 0 radical (unpaired) electrons. The van der Waals surface area contributed by atoms with Gasteiger partial charge < -0.3 is 15.4 Å². The molecule has 1 heterocycles. The minimum atomic E-state index is -0.850. The molecule has 5 heteroatoms. The third kappa shape index (κ3) is 3.88. The molecule has 0 atom stereocenters. The fraction of sp³-hybridized carbons (Fsp3) is 0.231. The lowest BCUT2D eigenvalue weighted by Gasteiger charge is -2.27. The SMILES string of the molecule is CCC1=C(c2ccc(OC3(C)CC3)cc2)Nc2cc(-c3ccc(F)c(F)c3)ccc2N1. The Hall–Kier alpha value is -3.34. The summed E-state index contributed by atoms with van der Waals surface area (Å²) < 4.78 is 33.1. The molecule has 0 amide bonds. The largest absolute Gasteiger partial charge is 0.488 e. The number of allylic oxidation sites excluding steroid dienone is 1. The van der Waals surface area contributed by atoms with E-state index in [1.165, 1.54) is 6.07 Å². The zero-order valence-corrected chi connectivity index (χ0v) is 17.6. The van der Waals surface area contributed by atoms with Crippen LogP contribution in [-0.4, -0.2) is 5.60 Å². The van der Waals surface area contributed by atoms with E-state index >= 15 is 0 Å². The van der Waals surface area contributed by atoms with Crippen LogP contribution in [0.15, 0.2) is 66.4 Å². The standard InChI is InChI=1S/C26H24F2N2O/c1-3-22-25(16-4-8-19(9-5-16)31-26(2)12-13-26)30-24-15-18(7-11-23(24)29-22)17-6-10-20(27)21(28)14-17/h4-11,14-15,29-30H,3,12-13H2,1-2H3. The fourth-order valence-corrected chi connectivity index (χ4v) is 3.81. The van der Waals surface area contributed by atoms with Crippen LogP contribution >= 0.6 is 0 Å². The average Bonchev–Trinajstić information content (AvgIpc) is 3.51. The molecule has 1 aliphatic heterocycles. The Labute approximate surface area is 180 Å². The molecule has 0 bridgehead atoms. The predicted molar refractivity (Wildman–Crippen MR) is 121 cm³/mol. The van der Waals surface area contributed by atoms with Crippen LogP contribution in [0.25, 0.3) is 16.8 Å². The molecule has 3 aromatic carbocycles. The maximum absolute atomic E-state index is 13.7. The van der Waals surface area contributed by atoms with Crippen molar-refractivity contribution in [3.63, 3.8) is 0 Å². The summed E-state index contributed by atoms with van der Waals surface area (Å²) in [6, 6.07) is 17.9. The van der Waals surface area contributed by atoms with Crippen LogP contribution in [0, 0.1) is 11.6 Å². The van der Waals surface area contributed by atoms with Gasteiger partial charge in [0.25, 0.3) is 0 Å². The van der Waals surface area contributed by atoms with Crippen molar-refractivity contribution in [3.05, 3.63) is 83.6 Å². The smallest absolute Gasteiger partial charge is 0.159 e. The Morgan fingerprint density at radius 1 is 0.806 bits per heavy atom. The van der Waals surface area contributed by atoms with Gasteiger partial charge in [-0.1, -0.05) is 19.1 Å². The summed E-state index contributed by atoms with van der Waals surface area (Å²) in [5.74, 6) is -0.813. The van der Waals surface area contributed by atoms with Gasteiger partial charge in [-0.25, -0.2) is 8.78 Å². The van der Waals surface area contributed by atoms with Gasteiger partial charge in [0.2, 0.25) is 0 Å². The minimum Gasteiger partial charge on any atom is -0.488 e. The lowest BCUT2D eigenvalue weighted by molar-refractivity contribution is 0.200. The summed E-state index contributed by atoms with van der Waals surface area (Å²) in [6.07, 6.45) is 3.04. The monoisotopic (exact) mass is 418 g/mol. The van der Waals surface area contributed by atoms with E-state index in [1.54, 1.807) is 6.07 Å². The zero-order valence-electron chi connectivity index (χ0n) is 17.6. The van der Waals surface area contributed by atoms with Crippen molar-refractivity contribution in [2.45, 2.75) is 38.7 Å². The van der Waals surface area contributed by atoms with Gasteiger partial charge in [0.05, 0.1) is 17.1 Å². The van der Waals surface area contributed by atoms with Crippen LogP contribution in [-0.2, 0) is 0 Å². The Bertz CT molecular complexity index is 1180. The van der Waals surface area contributed by atoms with Gasteiger partial charge in [-0.15, -0.1) is 0 Å². The van der Waals surface area contributed by atoms with Crippen LogP contribution in [0.4, 0.5) is 20.2 Å². The average molecular weight is 418 g/mol. The molecule has 158 valence electrons. The lowest BCUT2D eigenvalue weighted by Crippen LogP contribution is -2.16. The molecular formula is C26H24F2N2O. The second kappa shape index (κ2) is 7.41. The van der Waals surface area contributed by atoms with Crippen molar-refractivity contribution in [2.75, 3.05) is 10.6 Å². The Kier molecular flexibility index (Phi) is 4.69. The number of anilines is 2. The molecule has 0 unspecified atom stereocenters. The zero-order chi connectivity index (χ0) is 21.6. The molecule has 2 N–H and O–H groups in total. The molecule has 1 aliphatic carbocycles. The second-order valence-corrected chi connectivity index (χ2v) is 8.42. The molecule has 0 aromatic heterocycles. The molecule has 1 saturated carbocycles. The molecule has 3 aromatic rings. The van der Waals surface area contributed by atoms with Crippen LogP contribution in [0.3, 0.4) is 0 Å². The van der Waals surface area contributed by atoms with Crippen molar-refractivity contribution in [3.8, 4) is 16.9 Å². The summed E-state index contributed by atoms with van der Waals surface area (Å²) >= 11 is 0. The van der Waals surface area contributed by atoms with Gasteiger partial charge in [-0.3, -0.25) is 0 Å². The van der Waals surface area contributed by atoms with E-state index in [4.69, 9.17) is 4.74 Å². The molecule has 0 spiro atoms. The number of benzene rings is 3. The number of hydrogen-bond donors (Lipinski definition) is 2. The first kappa shape index (κ1) is 19.6. The maximum atomic E-state index is 13.7. The topological polar surface area (TPSA) is 33.3 Å². The molecule has 1 fully saturated rings. The van der Waals surface area contributed by atoms with E-state index in [-0.39, 0.29) is 5.60 Å². The van der Waals surface area contributed by atoms with Gasteiger partial charge in [0.15, 0.2) is 11.6 Å². The van der Waals surface area contributed by atoms with E-state index in [2.05, 4.69) is 36.6 Å². The van der Waals surface area contributed by atoms with Crippen molar-refractivity contribution in [1.29, 1.82) is 0 Å². The number of halogens is 2. The van der Waals surface area contributed by atoms with Crippen LogP contribution < -0.4 is 15.4 Å². The highest BCUT2D eigenvalue weighted by atomic mass is 19.2. The summed E-state index contributed by atoms with van der Waals surface area (Å²) in [5, 5.41) is 7.05. The molecule has 2 aliphatic rings. The quantitative estimate of drug-likeness (QED) is 0.460. The van der Waals surface area contributed by atoms with E-state index in [0.717, 1.165) is 65.0 Å². The van der Waals surface area contributed by atoms with Crippen LogP contribution in [0.2, 0.25) is 0 Å². The first-order valence-corrected chi connectivity index (χ1v) is 10.6. The van der Waals surface area contributed by atoms with Crippen LogP contribution in [0.1, 0.15) is 38.7 Å². The van der Waals surface area contributed by atoms with E-state index in [0.29, 0.717) is 5.56 Å². The van der Waals surface area contributed by atoms with E-state index < -0.39 is 11.6 Å². The van der Waals surface area contributed by atoms with E-state index in [1.807, 2.05) is 30.3 Å². The van der Waals surface area contributed by atoms with Gasteiger partial charge in [-0.2, -0.15) is 0 Å². The predicted octanol–water partition coefficient (Wildman–Crippen LogP) is 7.18. The first-order valence-electron chi connectivity index (χ1n) is 10.6.